The molecule has 3 N–H and O–H groups in total. The summed E-state index contributed by atoms with van der Waals surface area (Å²) in [6, 6.07) is 4.44. The zero-order valence-electron chi connectivity index (χ0n) is 13.9. The minimum Gasteiger partial charge on any atom is -0.491 e. The average molecular weight is 360 g/mol. The largest absolute Gasteiger partial charge is 0.491 e. The maximum Gasteiger partial charge on any atom is 0.416 e. The van der Waals surface area contributed by atoms with Gasteiger partial charge in [0.1, 0.15) is 18.5 Å². The molecule has 0 spiro atoms. The molecule has 2 rings (SSSR count). The van der Waals surface area contributed by atoms with Crippen molar-refractivity contribution in [1.82, 2.24) is 0 Å². The first-order chi connectivity index (χ1) is 11.7. The van der Waals surface area contributed by atoms with Crippen LogP contribution in [0.2, 0.25) is 0 Å². The Morgan fingerprint density at radius 2 is 2.00 bits per heavy atom. The van der Waals surface area contributed by atoms with Crippen molar-refractivity contribution in [3.63, 3.8) is 0 Å². The van der Waals surface area contributed by atoms with Gasteiger partial charge in [0, 0.05) is 12.3 Å². The van der Waals surface area contributed by atoms with Crippen LogP contribution in [0.1, 0.15) is 25.3 Å². The van der Waals surface area contributed by atoms with Gasteiger partial charge < -0.3 is 20.1 Å². The van der Waals surface area contributed by atoms with Crippen LogP contribution >= 0.6 is 0 Å². The summed E-state index contributed by atoms with van der Waals surface area (Å²) in [5, 5.41) is 29.8. The quantitative estimate of drug-likeness (QED) is 0.683. The zero-order valence-corrected chi connectivity index (χ0v) is 13.9. The topological polar surface area (TPSA) is 69.9 Å². The number of halogens is 3. The SMILES string of the molecule is CC[C@@H]1[C@@H](/C=C/[C@@H](O)COc2cccc(C(F)(F)F)c2)[C@H](O)C[C@@H]1O. The summed E-state index contributed by atoms with van der Waals surface area (Å²) in [4.78, 5) is 0. The van der Waals surface area contributed by atoms with Crippen molar-refractivity contribution in [2.45, 2.75) is 44.3 Å². The van der Waals surface area contributed by atoms with Crippen molar-refractivity contribution in [1.29, 1.82) is 0 Å². The maximum atomic E-state index is 12.6. The molecular weight excluding hydrogens is 337 g/mol. The zero-order chi connectivity index (χ0) is 18.6. The van der Waals surface area contributed by atoms with E-state index in [9.17, 15) is 28.5 Å². The van der Waals surface area contributed by atoms with Crippen LogP contribution in [0, 0.1) is 11.8 Å². The van der Waals surface area contributed by atoms with Gasteiger partial charge in [0.25, 0.3) is 0 Å². The van der Waals surface area contributed by atoms with E-state index < -0.39 is 30.1 Å². The Morgan fingerprint density at radius 3 is 2.64 bits per heavy atom. The fourth-order valence-corrected chi connectivity index (χ4v) is 3.19. The second kappa shape index (κ2) is 8.21. The van der Waals surface area contributed by atoms with Crippen LogP contribution in [0.4, 0.5) is 13.2 Å². The lowest BCUT2D eigenvalue weighted by Gasteiger charge is -2.19. The standard InChI is InChI=1S/C18H23F3O4/c1-2-14-15(17(24)9-16(14)23)7-6-12(22)10-25-13-5-3-4-11(8-13)18(19,20)21/h3-8,12,14-17,22-24H,2,9-10H2,1H3/b7-6+/t12-,14-,15-,16+,17-/m1/s1. The summed E-state index contributed by atoms with van der Waals surface area (Å²) in [5.41, 5.74) is -0.816. The van der Waals surface area contributed by atoms with Crippen LogP contribution < -0.4 is 4.74 Å². The summed E-state index contributed by atoms with van der Waals surface area (Å²) >= 11 is 0. The Balaban J connectivity index is 1.91. The predicted molar refractivity (Wildman–Crippen MR) is 86.0 cm³/mol. The fraction of sp³-hybridized carbons (Fsp3) is 0.556. The van der Waals surface area contributed by atoms with Crippen LogP contribution in [-0.2, 0) is 6.18 Å². The van der Waals surface area contributed by atoms with Gasteiger partial charge in [-0.05, 0) is 24.1 Å². The second-order valence-corrected chi connectivity index (χ2v) is 6.31. The number of benzene rings is 1. The van der Waals surface area contributed by atoms with Crippen LogP contribution in [0.15, 0.2) is 36.4 Å². The molecule has 0 unspecified atom stereocenters. The summed E-state index contributed by atoms with van der Waals surface area (Å²) in [6.45, 7) is 1.71. The summed E-state index contributed by atoms with van der Waals surface area (Å²) in [7, 11) is 0. The molecule has 1 aliphatic carbocycles. The van der Waals surface area contributed by atoms with E-state index in [1.54, 1.807) is 6.08 Å². The minimum absolute atomic E-state index is 0.0185. The van der Waals surface area contributed by atoms with Gasteiger partial charge in [-0.15, -0.1) is 0 Å². The van der Waals surface area contributed by atoms with Crippen molar-refractivity contribution < 1.29 is 33.2 Å². The van der Waals surface area contributed by atoms with Crippen molar-refractivity contribution in [2.24, 2.45) is 11.8 Å². The first-order valence-corrected chi connectivity index (χ1v) is 8.25. The highest BCUT2D eigenvalue weighted by Gasteiger charge is 2.39. The van der Waals surface area contributed by atoms with Gasteiger partial charge in [0.15, 0.2) is 0 Å². The third-order valence-electron chi connectivity index (χ3n) is 4.52. The van der Waals surface area contributed by atoms with Gasteiger partial charge in [0.05, 0.1) is 17.8 Å². The highest BCUT2D eigenvalue weighted by atomic mass is 19.4. The lowest BCUT2D eigenvalue weighted by Crippen LogP contribution is -2.21. The van der Waals surface area contributed by atoms with E-state index in [2.05, 4.69) is 0 Å². The second-order valence-electron chi connectivity index (χ2n) is 6.31. The van der Waals surface area contributed by atoms with Gasteiger partial charge in [-0.25, -0.2) is 0 Å². The molecule has 1 saturated carbocycles. The molecule has 7 heteroatoms. The molecule has 0 saturated heterocycles. The van der Waals surface area contributed by atoms with Crippen molar-refractivity contribution in [3.8, 4) is 5.75 Å². The van der Waals surface area contributed by atoms with Crippen LogP contribution in [0.3, 0.4) is 0 Å². The molecule has 1 aromatic rings. The number of aliphatic hydroxyl groups is 3. The Bertz CT molecular complexity index is 588. The first kappa shape index (κ1) is 19.8. The molecule has 1 fully saturated rings. The Kier molecular flexibility index (Phi) is 6.48. The van der Waals surface area contributed by atoms with Crippen LogP contribution in [0.25, 0.3) is 0 Å². The number of ether oxygens (including phenoxy) is 1. The molecule has 0 heterocycles. The molecule has 0 amide bonds. The molecule has 0 radical (unpaired) electrons. The number of rotatable bonds is 6. The fourth-order valence-electron chi connectivity index (χ4n) is 3.19. The highest BCUT2D eigenvalue weighted by Crippen LogP contribution is 2.36. The molecule has 5 atom stereocenters. The normalized spacial score (nSPS) is 28.4. The van der Waals surface area contributed by atoms with Gasteiger partial charge in [-0.1, -0.05) is 31.6 Å². The van der Waals surface area contributed by atoms with E-state index >= 15 is 0 Å². The molecule has 1 aliphatic rings. The molecule has 25 heavy (non-hydrogen) atoms. The third-order valence-corrected chi connectivity index (χ3v) is 4.52. The van der Waals surface area contributed by atoms with Gasteiger partial charge in [-0.2, -0.15) is 13.2 Å². The van der Waals surface area contributed by atoms with Crippen LogP contribution in [0.5, 0.6) is 5.75 Å². The van der Waals surface area contributed by atoms with Crippen LogP contribution in [-0.4, -0.2) is 40.2 Å². The number of hydrogen-bond donors (Lipinski definition) is 3. The van der Waals surface area contributed by atoms with E-state index in [0.29, 0.717) is 12.8 Å². The van der Waals surface area contributed by atoms with Crippen molar-refractivity contribution >= 4 is 0 Å². The molecular formula is C18H23F3O4. The van der Waals surface area contributed by atoms with Crippen molar-refractivity contribution in [3.05, 3.63) is 42.0 Å². The Labute approximate surface area is 144 Å². The van der Waals surface area contributed by atoms with Gasteiger partial charge in [0.2, 0.25) is 0 Å². The predicted octanol–water partition coefficient (Wildman–Crippen LogP) is 2.77. The molecule has 0 aromatic heterocycles. The minimum atomic E-state index is -4.45. The van der Waals surface area contributed by atoms with Crippen molar-refractivity contribution in [2.75, 3.05) is 6.61 Å². The van der Waals surface area contributed by atoms with E-state index in [4.69, 9.17) is 4.74 Å². The first-order valence-electron chi connectivity index (χ1n) is 8.25. The number of hydrogen-bond acceptors (Lipinski definition) is 4. The highest BCUT2D eigenvalue weighted by molar-refractivity contribution is 5.30. The number of alkyl halides is 3. The van der Waals surface area contributed by atoms with E-state index in [1.165, 1.54) is 18.2 Å². The molecule has 0 bridgehead atoms. The lowest BCUT2D eigenvalue weighted by atomic mass is 9.91. The lowest BCUT2D eigenvalue weighted by molar-refractivity contribution is -0.137. The average Bonchev–Trinajstić information content (AvgIpc) is 2.83. The smallest absolute Gasteiger partial charge is 0.416 e. The molecule has 4 nitrogen and oxygen atoms in total. The summed E-state index contributed by atoms with van der Waals surface area (Å²) < 4.78 is 43.1. The number of aliphatic hydroxyl groups excluding tert-OH is 3. The maximum absolute atomic E-state index is 12.6. The molecule has 0 aliphatic heterocycles. The van der Waals surface area contributed by atoms with Gasteiger partial charge >= 0.3 is 6.18 Å². The molecule has 140 valence electrons. The van der Waals surface area contributed by atoms with E-state index in [0.717, 1.165) is 12.1 Å². The Hall–Kier alpha value is -1.57. The summed E-state index contributed by atoms with van der Waals surface area (Å²) in [5.74, 6) is -0.323. The summed E-state index contributed by atoms with van der Waals surface area (Å²) in [6.07, 6.45) is -2.64. The van der Waals surface area contributed by atoms with Gasteiger partial charge in [-0.3, -0.25) is 0 Å². The molecule has 1 aromatic carbocycles. The van der Waals surface area contributed by atoms with E-state index in [1.807, 2.05) is 6.92 Å². The Morgan fingerprint density at radius 1 is 1.28 bits per heavy atom. The van der Waals surface area contributed by atoms with E-state index in [-0.39, 0.29) is 24.2 Å². The monoisotopic (exact) mass is 360 g/mol. The third kappa shape index (κ3) is 5.20.